The van der Waals surface area contributed by atoms with Gasteiger partial charge in [-0.05, 0) is 55.3 Å². The van der Waals surface area contributed by atoms with E-state index in [1.54, 1.807) is 0 Å². The molecule has 2 aromatic heterocycles. The fraction of sp³-hybridized carbons (Fsp3) is 0.280. The molecule has 146 valence electrons. The van der Waals surface area contributed by atoms with Gasteiger partial charge in [0.05, 0.1) is 17.4 Å². The van der Waals surface area contributed by atoms with Gasteiger partial charge in [0.2, 0.25) is 5.89 Å². The highest BCUT2D eigenvalue weighted by Crippen LogP contribution is 2.33. The van der Waals surface area contributed by atoms with E-state index in [1.165, 1.54) is 23.6 Å². The van der Waals surface area contributed by atoms with Crippen molar-refractivity contribution >= 4 is 10.8 Å². The molecule has 0 amide bonds. The van der Waals surface area contributed by atoms with Gasteiger partial charge < -0.3 is 4.42 Å². The van der Waals surface area contributed by atoms with Crippen LogP contribution in [0.5, 0.6) is 0 Å². The predicted octanol–water partition coefficient (Wildman–Crippen LogP) is 5.93. The summed E-state index contributed by atoms with van der Waals surface area (Å²) in [5.74, 6) is 1.61. The molecule has 0 saturated carbocycles. The zero-order valence-corrected chi connectivity index (χ0v) is 16.7. The first-order valence-electron chi connectivity index (χ1n) is 10.4. The number of nitrogens with zero attached hydrogens (tertiary/aromatic N) is 3. The van der Waals surface area contributed by atoms with Gasteiger partial charge in [-0.1, -0.05) is 48.9 Å². The molecule has 1 aliphatic heterocycles. The molecule has 29 heavy (non-hydrogen) atoms. The van der Waals surface area contributed by atoms with Gasteiger partial charge in [-0.25, -0.2) is 4.98 Å². The van der Waals surface area contributed by atoms with E-state index in [1.807, 2.05) is 19.2 Å². The zero-order valence-electron chi connectivity index (χ0n) is 16.7. The maximum atomic E-state index is 6.14. The van der Waals surface area contributed by atoms with Gasteiger partial charge >= 0.3 is 0 Å². The Morgan fingerprint density at radius 1 is 1.00 bits per heavy atom. The average Bonchev–Trinajstić information content (AvgIpc) is 3.14. The Kier molecular flexibility index (Phi) is 4.86. The lowest BCUT2D eigenvalue weighted by atomic mass is 9.98. The number of rotatable bonds is 4. The standard InChI is InChI=1S/C25H25N3O/c1-18-23(17-28-16-7-5-14-24(28)22-13-4-6-15-26-22)27-25(29-18)21-12-8-10-19-9-2-3-11-20(19)21/h2-4,6,8-13,15,24H,5,7,14,16-17H2,1H3/t24-/m1/s1. The van der Waals surface area contributed by atoms with Crippen LogP contribution in [0.4, 0.5) is 0 Å². The molecule has 0 spiro atoms. The summed E-state index contributed by atoms with van der Waals surface area (Å²) in [6.45, 7) is 3.88. The van der Waals surface area contributed by atoms with Gasteiger partial charge in [0.15, 0.2) is 0 Å². The Bertz CT molecular complexity index is 1110. The first kappa shape index (κ1) is 18.1. The van der Waals surface area contributed by atoms with E-state index >= 15 is 0 Å². The number of pyridine rings is 1. The van der Waals surface area contributed by atoms with Crippen molar-refractivity contribution in [1.82, 2.24) is 14.9 Å². The van der Waals surface area contributed by atoms with Crippen LogP contribution in [0, 0.1) is 6.92 Å². The lowest BCUT2D eigenvalue weighted by molar-refractivity contribution is 0.135. The van der Waals surface area contributed by atoms with Crippen LogP contribution in [0.25, 0.3) is 22.2 Å². The van der Waals surface area contributed by atoms with Crippen molar-refractivity contribution in [3.05, 3.63) is 84.0 Å². The normalized spacial score (nSPS) is 17.6. The van der Waals surface area contributed by atoms with Crippen molar-refractivity contribution in [3.63, 3.8) is 0 Å². The molecule has 3 heterocycles. The van der Waals surface area contributed by atoms with Crippen LogP contribution < -0.4 is 0 Å². The molecule has 5 rings (SSSR count). The molecule has 1 aliphatic rings. The summed E-state index contributed by atoms with van der Waals surface area (Å²) in [5.41, 5.74) is 3.23. The molecular formula is C25H25N3O. The maximum Gasteiger partial charge on any atom is 0.227 e. The summed E-state index contributed by atoms with van der Waals surface area (Å²) in [4.78, 5) is 12.0. The van der Waals surface area contributed by atoms with E-state index in [4.69, 9.17) is 9.40 Å². The smallest absolute Gasteiger partial charge is 0.227 e. The highest BCUT2D eigenvalue weighted by Gasteiger charge is 2.26. The van der Waals surface area contributed by atoms with Crippen molar-refractivity contribution in [3.8, 4) is 11.5 Å². The summed E-state index contributed by atoms with van der Waals surface area (Å²) in [5, 5.41) is 2.38. The third kappa shape index (κ3) is 3.56. The lowest BCUT2D eigenvalue weighted by Crippen LogP contribution is -2.33. The third-order valence-electron chi connectivity index (χ3n) is 5.91. The Balaban J connectivity index is 1.46. The molecule has 0 N–H and O–H groups in total. The van der Waals surface area contributed by atoms with Crippen molar-refractivity contribution in [1.29, 1.82) is 0 Å². The number of hydrogen-bond acceptors (Lipinski definition) is 4. The van der Waals surface area contributed by atoms with E-state index < -0.39 is 0 Å². The topological polar surface area (TPSA) is 42.2 Å². The molecule has 0 radical (unpaired) electrons. The van der Waals surface area contributed by atoms with E-state index in [9.17, 15) is 0 Å². The predicted molar refractivity (Wildman–Crippen MR) is 115 cm³/mol. The zero-order chi connectivity index (χ0) is 19.6. The minimum Gasteiger partial charge on any atom is -0.441 e. The summed E-state index contributed by atoms with van der Waals surface area (Å²) in [6.07, 6.45) is 5.50. The van der Waals surface area contributed by atoms with Crippen LogP contribution in [-0.2, 0) is 6.54 Å². The van der Waals surface area contributed by atoms with E-state index in [2.05, 4.69) is 64.5 Å². The Morgan fingerprint density at radius 3 is 2.76 bits per heavy atom. The van der Waals surface area contributed by atoms with Gasteiger partial charge in [0, 0.05) is 18.3 Å². The molecule has 1 saturated heterocycles. The molecule has 4 heteroatoms. The van der Waals surface area contributed by atoms with Crippen LogP contribution >= 0.6 is 0 Å². The average molecular weight is 383 g/mol. The molecule has 0 bridgehead atoms. The largest absolute Gasteiger partial charge is 0.441 e. The second-order valence-corrected chi connectivity index (χ2v) is 7.79. The van der Waals surface area contributed by atoms with Crippen LogP contribution in [0.2, 0.25) is 0 Å². The number of benzene rings is 2. The fourth-order valence-electron chi connectivity index (χ4n) is 4.38. The van der Waals surface area contributed by atoms with Gasteiger partial charge in [-0.3, -0.25) is 9.88 Å². The first-order valence-corrected chi connectivity index (χ1v) is 10.4. The van der Waals surface area contributed by atoms with Gasteiger partial charge in [-0.15, -0.1) is 0 Å². The highest BCUT2D eigenvalue weighted by molar-refractivity contribution is 5.94. The van der Waals surface area contributed by atoms with Gasteiger partial charge in [0.25, 0.3) is 0 Å². The van der Waals surface area contributed by atoms with Crippen molar-refractivity contribution in [2.24, 2.45) is 0 Å². The first-order chi connectivity index (χ1) is 14.3. The second-order valence-electron chi connectivity index (χ2n) is 7.79. The molecular weight excluding hydrogens is 358 g/mol. The molecule has 4 nitrogen and oxygen atoms in total. The monoisotopic (exact) mass is 383 g/mol. The molecule has 1 fully saturated rings. The molecule has 1 atom stereocenters. The quantitative estimate of drug-likeness (QED) is 0.438. The van der Waals surface area contributed by atoms with E-state index in [0.717, 1.165) is 42.2 Å². The van der Waals surface area contributed by atoms with Crippen LogP contribution in [0.15, 0.2) is 71.3 Å². The minimum absolute atomic E-state index is 0.349. The minimum atomic E-state index is 0.349. The number of hydrogen-bond donors (Lipinski definition) is 0. The number of likely N-dealkylation sites (tertiary alicyclic amines) is 1. The lowest BCUT2D eigenvalue weighted by Gasteiger charge is -2.34. The maximum absolute atomic E-state index is 6.14. The van der Waals surface area contributed by atoms with Crippen LogP contribution in [0.1, 0.15) is 42.5 Å². The fourth-order valence-corrected chi connectivity index (χ4v) is 4.38. The van der Waals surface area contributed by atoms with E-state index in [-0.39, 0.29) is 0 Å². The summed E-state index contributed by atoms with van der Waals surface area (Å²) >= 11 is 0. The van der Waals surface area contributed by atoms with Crippen LogP contribution in [0.3, 0.4) is 0 Å². The molecule has 2 aromatic carbocycles. The summed E-state index contributed by atoms with van der Waals surface area (Å²) in [6, 6.07) is 21.2. The Hall–Kier alpha value is -2.98. The van der Waals surface area contributed by atoms with E-state index in [0.29, 0.717) is 11.9 Å². The third-order valence-corrected chi connectivity index (χ3v) is 5.91. The van der Waals surface area contributed by atoms with Crippen molar-refractivity contribution in [2.75, 3.05) is 6.54 Å². The van der Waals surface area contributed by atoms with Crippen LogP contribution in [-0.4, -0.2) is 21.4 Å². The summed E-state index contributed by atoms with van der Waals surface area (Å²) in [7, 11) is 0. The van der Waals surface area contributed by atoms with Gasteiger partial charge in [-0.2, -0.15) is 0 Å². The molecule has 4 aromatic rings. The highest BCUT2D eigenvalue weighted by atomic mass is 16.4. The van der Waals surface area contributed by atoms with Gasteiger partial charge in [0.1, 0.15) is 5.76 Å². The summed E-state index contributed by atoms with van der Waals surface area (Å²) < 4.78 is 6.14. The number of aromatic nitrogens is 2. The number of aryl methyl sites for hydroxylation is 1. The SMILES string of the molecule is Cc1oc(-c2cccc3ccccc23)nc1CN1CCCC[C@@H]1c1ccccn1. The Labute approximate surface area is 171 Å². The molecule has 0 unspecified atom stereocenters. The van der Waals surface area contributed by atoms with Crippen molar-refractivity contribution in [2.45, 2.75) is 38.8 Å². The number of fused-ring (bicyclic) bond motifs is 1. The number of oxazole rings is 1. The second kappa shape index (κ2) is 7.80. The Morgan fingerprint density at radius 2 is 1.86 bits per heavy atom. The molecule has 0 aliphatic carbocycles. The number of piperidine rings is 1. The van der Waals surface area contributed by atoms with Crippen molar-refractivity contribution < 1.29 is 4.42 Å².